The van der Waals surface area contributed by atoms with Crippen molar-refractivity contribution in [2.75, 3.05) is 0 Å². The first-order chi connectivity index (χ1) is 9.16. The van der Waals surface area contributed by atoms with Gasteiger partial charge in [0, 0.05) is 23.6 Å². The number of fused-ring (bicyclic) bond motifs is 1. The molecule has 3 rings (SSSR count). The summed E-state index contributed by atoms with van der Waals surface area (Å²) in [5, 5.41) is 3.57. The normalized spacial score (nSPS) is 34.0. The van der Waals surface area contributed by atoms with Crippen molar-refractivity contribution in [1.29, 1.82) is 0 Å². The predicted octanol–water partition coefficient (Wildman–Crippen LogP) is 3.18. The van der Waals surface area contributed by atoms with Crippen molar-refractivity contribution in [2.45, 2.75) is 44.7 Å². The molecule has 19 heavy (non-hydrogen) atoms. The van der Waals surface area contributed by atoms with Crippen LogP contribution in [-0.4, -0.2) is 17.9 Å². The van der Waals surface area contributed by atoms with E-state index in [1.165, 1.54) is 31.4 Å². The number of halogens is 1. The molecule has 0 radical (unpaired) electrons. The molecular weight excluding hydrogens is 241 g/mol. The minimum Gasteiger partial charge on any atom is -0.310 e. The fourth-order valence-corrected chi connectivity index (χ4v) is 3.84. The van der Waals surface area contributed by atoms with Crippen LogP contribution in [0.3, 0.4) is 0 Å². The Bertz CT molecular complexity index is 470. The number of ketones is 1. The van der Waals surface area contributed by atoms with E-state index in [1.54, 1.807) is 12.1 Å². The third-order valence-electron chi connectivity index (χ3n) is 4.73. The van der Waals surface area contributed by atoms with E-state index < -0.39 is 0 Å². The quantitative estimate of drug-likeness (QED) is 0.828. The summed E-state index contributed by atoms with van der Waals surface area (Å²) >= 11 is 0. The van der Waals surface area contributed by atoms with Gasteiger partial charge in [0.1, 0.15) is 5.82 Å². The van der Waals surface area contributed by atoms with Crippen LogP contribution in [0, 0.1) is 17.7 Å². The number of hydrogen-bond donors (Lipinski definition) is 1. The van der Waals surface area contributed by atoms with E-state index in [9.17, 15) is 9.18 Å². The molecule has 0 amide bonds. The maximum absolute atomic E-state index is 12.9. The number of rotatable bonds is 2. The van der Waals surface area contributed by atoms with E-state index in [-0.39, 0.29) is 23.6 Å². The zero-order valence-corrected chi connectivity index (χ0v) is 11.2. The maximum atomic E-state index is 12.9. The maximum Gasteiger partial charge on any atom is 0.167 e. The van der Waals surface area contributed by atoms with Gasteiger partial charge in [-0.25, -0.2) is 4.39 Å². The molecule has 0 aromatic heterocycles. The summed E-state index contributed by atoms with van der Waals surface area (Å²) in [4.78, 5) is 12.7. The second-order valence-electron chi connectivity index (χ2n) is 5.91. The molecule has 0 bridgehead atoms. The Morgan fingerprint density at radius 3 is 2.63 bits per heavy atom. The predicted molar refractivity (Wildman–Crippen MR) is 72.6 cm³/mol. The summed E-state index contributed by atoms with van der Waals surface area (Å²) < 4.78 is 12.9. The molecule has 1 N–H and O–H groups in total. The van der Waals surface area contributed by atoms with E-state index in [2.05, 4.69) is 12.2 Å². The van der Waals surface area contributed by atoms with Crippen molar-refractivity contribution in [3.63, 3.8) is 0 Å². The molecule has 2 aliphatic rings. The molecule has 2 fully saturated rings. The summed E-state index contributed by atoms with van der Waals surface area (Å²) in [5.74, 6) is 0.399. The lowest BCUT2D eigenvalue weighted by Gasteiger charge is -2.28. The van der Waals surface area contributed by atoms with Crippen LogP contribution >= 0.6 is 0 Å². The Kier molecular flexibility index (Phi) is 3.40. The SMILES string of the molecule is CC1NC2CCCCC2C1C(=O)c1ccc(F)cc1. The standard InChI is InChI=1S/C16H20FNO/c1-10-15(13-4-2-3-5-14(13)18-10)16(19)11-6-8-12(17)9-7-11/h6-10,13-15,18H,2-5H2,1H3. The molecule has 1 aliphatic carbocycles. The lowest BCUT2D eigenvalue weighted by atomic mass is 9.75. The molecule has 1 aromatic carbocycles. The molecule has 3 heteroatoms. The number of carbonyl (C=O) groups is 1. The Labute approximate surface area is 113 Å². The number of carbonyl (C=O) groups excluding carboxylic acids is 1. The molecule has 4 atom stereocenters. The zero-order chi connectivity index (χ0) is 13.4. The lowest BCUT2D eigenvalue weighted by Crippen LogP contribution is -2.31. The van der Waals surface area contributed by atoms with Crippen LogP contribution in [0.4, 0.5) is 4.39 Å². The van der Waals surface area contributed by atoms with Gasteiger partial charge in [-0.2, -0.15) is 0 Å². The molecule has 1 aliphatic heterocycles. The molecule has 102 valence electrons. The van der Waals surface area contributed by atoms with Gasteiger partial charge in [0.15, 0.2) is 5.78 Å². The average molecular weight is 261 g/mol. The van der Waals surface area contributed by atoms with Crippen LogP contribution in [-0.2, 0) is 0 Å². The van der Waals surface area contributed by atoms with Crippen molar-refractivity contribution < 1.29 is 9.18 Å². The summed E-state index contributed by atoms with van der Waals surface area (Å²) in [5.41, 5.74) is 0.645. The van der Waals surface area contributed by atoms with E-state index >= 15 is 0 Å². The first kappa shape index (κ1) is 12.8. The number of Topliss-reactive ketones (excluding diaryl/α,β-unsaturated/α-hetero) is 1. The molecule has 1 saturated heterocycles. The third kappa shape index (κ3) is 2.32. The number of hydrogen-bond acceptors (Lipinski definition) is 2. The molecule has 0 spiro atoms. The number of benzene rings is 1. The molecule has 1 aromatic rings. The molecule has 1 heterocycles. The van der Waals surface area contributed by atoms with Gasteiger partial charge in [0.05, 0.1) is 0 Å². The highest BCUT2D eigenvalue weighted by molar-refractivity contribution is 5.98. The van der Waals surface area contributed by atoms with E-state index in [4.69, 9.17) is 0 Å². The van der Waals surface area contributed by atoms with Gasteiger partial charge >= 0.3 is 0 Å². The van der Waals surface area contributed by atoms with Crippen molar-refractivity contribution in [2.24, 2.45) is 11.8 Å². The van der Waals surface area contributed by atoms with Gasteiger partial charge in [0.2, 0.25) is 0 Å². The first-order valence-electron chi connectivity index (χ1n) is 7.22. The van der Waals surface area contributed by atoms with Gasteiger partial charge in [-0.05, 0) is 49.9 Å². The fraction of sp³-hybridized carbons (Fsp3) is 0.562. The molecular formula is C16H20FNO. The first-order valence-corrected chi connectivity index (χ1v) is 7.22. The molecule has 4 unspecified atom stereocenters. The second kappa shape index (κ2) is 5.04. The zero-order valence-electron chi connectivity index (χ0n) is 11.2. The van der Waals surface area contributed by atoms with Crippen LogP contribution in [0.2, 0.25) is 0 Å². The summed E-state index contributed by atoms with van der Waals surface area (Å²) in [7, 11) is 0. The van der Waals surface area contributed by atoms with Crippen LogP contribution in [0.5, 0.6) is 0 Å². The summed E-state index contributed by atoms with van der Waals surface area (Å²) in [6.45, 7) is 2.10. The summed E-state index contributed by atoms with van der Waals surface area (Å²) in [6, 6.07) is 6.70. The van der Waals surface area contributed by atoms with Gasteiger partial charge in [-0.15, -0.1) is 0 Å². The Balaban J connectivity index is 1.84. The highest BCUT2D eigenvalue weighted by Gasteiger charge is 2.45. The minimum absolute atomic E-state index is 0.0516. The van der Waals surface area contributed by atoms with E-state index in [1.807, 2.05) is 0 Å². The average Bonchev–Trinajstić information content (AvgIpc) is 2.74. The smallest absolute Gasteiger partial charge is 0.167 e. The molecule has 1 saturated carbocycles. The van der Waals surface area contributed by atoms with Crippen molar-refractivity contribution >= 4 is 5.78 Å². The van der Waals surface area contributed by atoms with Gasteiger partial charge in [0.25, 0.3) is 0 Å². The van der Waals surface area contributed by atoms with Crippen LogP contribution in [0.15, 0.2) is 24.3 Å². The number of nitrogens with one attached hydrogen (secondary N) is 1. The van der Waals surface area contributed by atoms with Crippen LogP contribution in [0.1, 0.15) is 43.0 Å². The van der Waals surface area contributed by atoms with E-state index in [0.717, 1.165) is 6.42 Å². The van der Waals surface area contributed by atoms with E-state index in [0.29, 0.717) is 17.5 Å². The largest absolute Gasteiger partial charge is 0.310 e. The van der Waals surface area contributed by atoms with Crippen LogP contribution in [0.25, 0.3) is 0 Å². The summed E-state index contributed by atoms with van der Waals surface area (Å²) in [6.07, 6.45) is 4.81. The lowest BCUT2D eigenvalue weighted by molar-refractivity contribution is 0.0864. The van der Waals surface area contributed by atoms with Gasteiger partial charge in [-0.1, -0.05) is 12.8 Å². The van der Waals surface area contributed by atoms with Crippen molar-refractivity contribution in [3.8, 4) is 0 Å². The highest BCUT2D eigenvalue weighted by Crippen LogP contribution is 2.39. The Hall–Kier alpha value is -1.22. The second-order valence-corrected chi connectivity index (χ2v) is 5.91. The van der Waals surface area contributed by atoms with Crippen molar-refractivity contribution in [3.05, 3.63) is 35.6 Å². The van der Waals surface area contributed by atoms with Gasteiger partial charge in [-0.3, -0.25) is 4.79 Å². The minimum atomic E-state index is -0.287. The topological polar surface area (TPSA) is 29.1 Å². The fourth-order valence-electron chi connectivity index (χ4n) is 3.84. The third-order valence-corrected chi connectivity index (χ3v) is 4.73. The van der Waals surface area contributed by atoms with Crippen molar-refractivity contribution in [1.82, 2.24) is 5.32 Å². The van der Waals surface area contributed by atoms with Gasteiger partial charge < -0.3 is 5.32 Å². The van der Waals surface area contributed by atoms with Crippen LogP contribution < -0.4 is 5.32 Å². The molecule has 2 nitrogen and oxygen atoms in total. The Morgan fingerprint density at radius 2 is 1.89 bits per heavy atom. The highest BCUT2D eigenvalue weighted by atomic mass is 19.1. The monoisotopic (exact) mass is 261 g/mol. The Morgan fingerprint density at radius 1 is 1.21 bits per heavy atom.